The first kappa shape index (κ1) is 31.2. The van der Waals surface area contributed by atoms with Crippen molar-refractivity contribution in [2.24, 2.45) is 23.7 Å². The highest BCUT2D eigenvalue weighted by molar-refractivity contribution is 9.12. The molecule has 1 heterocycles. The molecule has 3 aromatic rings. The molecule has 226 valence electrons. The Morgan fingerprint density at radius 1 is 0.818 bits per heavy atom. The van der Waals surface area contributed by atoms with Crippen LogP contribution >= 0.6 is 66.7 Å². The number of nitrogens with zero attached hydrogens (tertiary/aromatic N) is 2. The van der Waals surface area contributed by atoms with E-state index in [2.05, 4.69) is 31.9 Å². The minimum atomic E-state index is -0.755. The summed E-state index contributed by atoms with van der Waals surface area (Å²) in [5.74, 6) is -4.25. The van der Waals surface area contributed by atoms with Crippen molar-refractivity contribution in [1.82, 2.24) is 10.0 Å². The predicted molar refractivity (Wildman–Crippen MR) is 171 cm³/mol. The molecule has 3 aromatic carbocycles. The van der Waals surface area contributed by atoms with Gasteiger partial charge in [-0.05, 0) is 72.9 Å². The van der Waals surface area contributed by atoms with Crippen molar-refractivity contribution in [3.05, 3.63) is 98.5 Å². The van der Waals surface area contributed by atoms with Gasteiger partial charge in [-0.15, -0.1) is 0 Å². The molecule has 6 rings (SSSR count). The topological polar surface area (TPSA) is 101 Å². The van der Waals surface area contributed by atoms with Crippen LogP contribution in [0.5, 0.6) is 5.75 Å². The molecule has 2 bridgehead atoms. The highest BCUT2D eigenvalue weighted by Crippen LogP contribution is 2.60. The van der Waals surface area contributed by atoms with Gasteiger partial charge in [-0.2, -0.15) is 5.01 Å². The van der Waals surface area contributed by atoms with Crippen LogP contribution in [0.3, 0.4) is 0 Å². The number of hydrogen-bond acceptors (Lipinski definition) is 6. The SMILES string of the molecule is O=C(CN(C(=O)c1ccccc1Cl)N1C(=O)[C@@H]2[C@H]3C[C@@H]([C@@H](Br)[C@H]3Br)[C@H]2C1=O)c1ccc(OC(=O)c2ccc(Cl)cc2Cl)cc1. The Morgan fingerprint density at radius 3 is 2.02 bits per heavy atom. The van der Waals surface area contributed by atoms with Crippen molar-refractivity contribution in [2.45, 2.75) is 16.1 Å². The number of halogens is 5. The van der Waals surface area contributed by atoms with E-state index in [0.29, 0.717) is 11.4 Å². The molecule has 0 radical (unpaired) electrons. The Bertz CT molecular complexity index is 1690. The lowest BCUT2D eigenvalue weighted by Crippen LogP contribution is -2.52. The number of hydrogen-bond donors (Lipinski definition) is 0. The van der Waals surface area contributed by atoms with Gasteiger partial charge >= 0.3 is 5.97 Å². The Labute approximate surface area is 283 Å². The zero-order chi connectivity index (χ0) is 31.4. The fourth-order valence-corrected chi connectivity index (χ4v) is 8.91. The van der Waals surface area contributed by atoms with Crippen molar-refractivity contribution in [3.63, 3.8) is 0 Å². The molecule has 0 aromatic heterocycles. The second-order valence-electron chi connectivity index (χ2n) is 10.8. The molecule has 13 heteroatoms. The van der Waals surface area contributed by atoms with Crippen molar-refractivity contribution >= 4 is 96.1 Å². The van der Waals surface area contributed by atoms with Crippen LogP contribution in [0.25, 0.3) is 0 Å². The van der Waals surface area contributed by atoms with Crippen molar-refractivity contribution in [2.75, 3.05) is 6.54 Å². The summed E-state index contributed by atoms with van der Waals surface area (Å²) >= 11 is 25.6. The molecule has 3 amide bonds. The summed E-state index contributed by atoms with van der Waals surface area (Å²) in [5, 5.41) is 2.34. The molecule has 0 N–H and O–H groups in total. The number of ether oxygens (including phenoxy) is 1. The highest BCUT2D eigenvalue weighted by atomic mass is 79.9. The molecule has 1 saturated heterocycles. The van der Waals surface area contributed by atoms with E-state index in [0.717, 1.165) is 10.0 Å². The highest BCUT2D eigenvalue weighted by Gasteiger charge is 2.67. The van der Waals surface area contributed by atoms with E-state index in [1.807, 2.05) is 0 Å². The van der Waals surface area contributed by atoms with E-state index in [1.165, 1.54) is 54.6 Å². The lowest BCUT2D eigenvalue weighted by Gasteiger charge is -2.31. The summed E-state index contributed by atoms with van der Waals surface area (Å²) in [5.41, 5.74) is 0.315. The Kier molecular flexibility index (Phi) is 8.67. The van der Waals surface area contributed by atoms with E-state index in [1.54, 1.807) is 12.1 Å². The summed E-state index contributed by atoms with van der Waals surface area (Å²) < 4.78 is 5.38. The third-order valence-corrected chi connectivity index (χ3v) is 12.5. The van der Waals surface area contributed by atoms with E-state index in [9.17, 15) is 24.0 Å². The second-order valence-corrected chi connectivity index (χ2v) is 14.2. The summed E-state index contributed by atoms with van der Waals surface area (Å²) in [7, 11) is 0. The number of carbonyl (C=O) groups is 5. The molecule has 0 unspecified atom stereocenters. The van der Waals surface area contributed by atoms with Crippen LogP contribution in [-0.2, 0) is 9.59 Å². The Balaban J connectivity index is 1.25. The maximum absolute atomic E-state index is 13.8. The Morgan fingerprint density at radius 2 is 1.43 bits per heavy atom. The molecular formula is C31H21Br2Cl3N2O6. The lowest BCUT2D eigenvalue weighted by atomic mass is 9.81. The normalized spacial score (nSPS) is 25.2. The van der Waals surface area contributed by atoms with Gasteiger partial charge in [0.2, 0.25) is 0 Å². The molecule has 1 aliphatic heterocycles. The number of Topliss-reactive ketones (excluding diaryl/α,β-unsaturated/α-hetero) is 1. The van der Waals surface area contributed by atoms with Crippen LogP contribution in [0.15, 0.2) is 66.7 Å². The molecule has 3 aliphatic rings. The van der Waals surface area contributed by atoms with Gasteiger partial charge in [0.1, 0.15) is 12.3 Å². The van der Waals surface area contributed by atoms with Gasteiger partial charge in [0.25, 0.3) is 17.7 Å². The molecule has 6 atom stereocenters. The van der Waals surface area contributed by atoms with Gasteiger partial charge in [0, 0.05) is 20.2 Å². The average molecular weight is 784 g/mol. The zero-order valence-corrected chi connectivity index (χ0v) is 27.9. The summed E-state index contributed by atoms with van der Waals surface area (Å²) in [6.45, 7) is -0.606. The molecule has 3 fully saturated rings. The largest absolute Gasteiger partial charge is 0.423 e. The number of ketones is 1. The fourth-order valence-electron chi connectivity index (χ4n) is 6.33. The number of amides is 3. The van der Waals surface area contributed by atoms with Gasteiger partial charge in [-0.3, -0.25) is 19.2 Å². The second kappa shape index (κ2) is 12.2. The van der Waals surface area contributed by atoms with E-state index in [-0.39, 0.29) is 54.0 Å². The smallest absolute Gasteiger partial charge is 0.345 e. The molecule has 44 heavy (non-hydrogen) atoms. The number of benzene rings is 3. The lowest BCUT2D eigenvalue weighted by molar-refractivity contribution is -0.154. The number of alkyl halides is 2. The number of carbonyl (C=O) groups excluding carboxylic acids is 5. The third kappa shape index (κ3) is 5.38. The van der Waals surface area contributed by atoms with Crippen LogP contribution < -0.4 is 4.74 Å². The number of hydrazine groups is 1. The van der Waals surface area contributed by atoms with E-state index in [4.69, 9.17) is 39.5 Å². The molecule has 8 nitrogen and oxygen atoms in total. The zero-order valence-electron chi connectivity index (χ0n) is 22.5. The van der Waals surface area contributed by atoms with Crippen molar-refractivity contribution in [3.8, 4) is 5.75 Å². The standard InChI is InChI=1S/C31H21Br2Cl3N2O6/c32-26-19-12-20(27(26)33)25-24(19)29(41)38(30(25)42)37(28(40)17-3-1-2-4-21(17)35)13-23(39)14-5-8-16(9-6-14)44-31(43)18-10-7-15(34)11-22(18)36/h1-11,19-20,24-27H,12-13H2/t19-,20-,24-,25-,26-,27+/m1/s1. The summed E-state index contributed by atoms with van der Waals surface area (Å²) in [4.78, 5) is 67.6. The van der Waals surface area contributed by atoms with Gasteiger partial charge in [-0.1, -0.05) is 78.8 Å². The number of rotatable bonds is 7. The maximum atomic E-state index is 13.8. The fraction of sp³-hybridized carbons (Fsp3) is 0.258. The van der Waals surface area contributed by atoms with Crippen LogP contribution in [0.4, 0.5) is 0 Å². The summed E-state index contributed by atoms with van der Waals surface area (Å²) in [6, 6.07) is 16.2. The van der Waals surface area contributed by atoms with Gasteiger partial charge in [0.05, 0.1) is 33.0 Å². The van der Waals surface area contributed by atoms with Gasteiger partial charge < -0.3 is 4.74 Å². The molecule has 2 aliphatic carbocycles. The van der Waals surface area contributed by atoms with E-state index >= 15 is 0 Å². The summed E-state index contributed by atoms with van der Waals surface area (Å²) in [6.07, 6.45) is 0.713. The first-order chi connectivity index (χ1) is 21.0. The van der Waals surface area contributed by atoms with E-state index < -0.39 is 47.9 Å². The first-order valence-corrected chi connectivity index (χ1v) is 16.5. The molecular weight excluding hydrogens is 763 g/mol. The third-order valence-electron chi connectivity index (χ3n) is 8.38. The maximum Gasteiger partial charge on any atom is 0.345 e. The van der Waals surface area contributed by atoms with Crippen LogP contribution in [0.2, 0.25) is 15.1 Å². The van der Waals surface area contributed by atoms with Crippen LogP contribution in [-0.4, -0.2) is 55.7 Å². The molecule has 2 saturated carbocycles. The minimum Gasteiger partial charge on any atom is -0.423 e. The van der Waals surface area contributed by atoms with Crippen LogP contribution in [0, 0.1) is 23.7 Å². The average Bonchev–Trinajstić information content (AvgIpc) is 3.61. The number of esters is 1. The monoisotopic (exact) mass is 780 g/mol. The quantitative estimate of drug-likeness (QED) is 0.0852. The number of imide groups is 1. The number of fused-ring (bicyclic) bond motifs is 5. The van der Waals surface area contributed by atoms with Gasteiger partial charge in [0.15, 0.2) is 5.78 Å². The Hall–Kier alpha value is -2.76. The van der Waals surface area contributed by atoms with Crippen molar-refractivity contribution in [1.29, 1.82) is 0 Å². The first-order valence-electron chi connectivity index (χ1n) is 13.5. The molecule has 0 spiro atoms. The minimum absolute atomic E-state index is 0.00290. The van der Waals surface area contributed by atoms with Crippen LogP contribution in [0.1, 0.15) is 37.5 Å². The van der Waals surface area contributed by atoms with Gasteiger partial charge in [-0.25, -0.2) is 9.80 Å². The van der Waals surface area contributed by atoms with Crippen molar-refractivity contribution < 1.29 is 28.7 Å². The predicted octanol–water partition coefficient (Wildman–Crippen LogP) is 6.88.